The molecular formula is C16H34N2S. The third kappa shape index (κ3) is 6.50. The summed E-state index contributed by atoms with van der Waals surface area (Å²) in [6, 6.07) is 1.34. The monoisotopic (exact) mass is 286 g/mol. The van der Waals surface area contributed by atoms with Gasteiger partial charge in [-0.25, -0.2) is 0 Å². The van der Waals surface area contributed by atoms with Crippen LogP contribution in [0.1, 0.15) is 53.4 Å². The van der Waals surface area contributed by atoms with E-state index in [9.17, 15) is 0 Å². The summed E-state index contributed by atoms with van der Waals surface area (Å²) >= 11 is 1.97. The highest BCUT2D eigenvalue weighted by Gasteiger charge is 2.31. The summed E-state index contributed by atoms with van der Waals surface area (Å²) in [6.07, 6.45) is 7.77. The summed E-state index contributed by atoms with van der Waals surface area (Å²) in [7, 11) is 0. The summed E-state index contributed by atoms with van der Waals surface area (Å²) in [5.41, 5.74) is 0.372. The highest BCUT2D eigenvalue weighted by atomic mass is 32.2. The Morgan fingerprint density at radius 3 is 2.47 bits per heavy atom. The van der Waals surface area contributed by atoms with Gasteiger partial charge in [-0.2, -0.15) is 11.8 Å². The summed E-state index contributed by atoms with van der Waals surface area (Å²) in [5.74, 6) is 1.33. The van der Waals surface area contributed by atoms with Crippen LogP contribution in [0.2, 0.25) is 0 Å². The Hall–Kier alpha value is 0.270. The molecule has 1 aliphatic rings. The van der Waals surface area contributed by atoms with Gasteiger partial charge in [0.25, 0.3) is 0 Å². The first kappa shape index (κ1) is 17.3. The van der Waals surface area contributed by atoms with E-state index >= 15 is 0 Å². The first-order valence-corrected chi connectivity index (χ1v) is 9.31. The lowest BCUT2D eigenvalue weighted by atomic mass is 9.85. The Balaban J connectivity index is 2.23. The normalized spacial score (nSPS) is 25.7. The number of thioether (sulfide) groups is 1. The van der Waals surface area contributed by atoms with Crippen LogP contribution in [0.15, 0.2) is 0 Å². The number of nitrogens with one attached hydrogen (secondary N) is 1. The van der Waals surface area contributed by atoms with Crippen LogP contribution >= 0.6 is 11.8 Å². The van der Waals surface area contributed by atoms with Crippen molar-refractivity contribution in [1.82, 2.24) is 10.2 Å². The number of rotatable bonds is 7. The Morgan fingerprint density at radius 2 is 1.84 bits per heavy atom. The zero-order valence-corrected chi connectivity index (χ0v) is 14.5. The topological polar surface area (TPSA) is 15.3 Å². The fourth-order valence-corrected chi connectivity index (χ4v) is 3.22. The van der Waals surface area contributed by atoms with Crippen LogP contribution in [-0.2, 0) is 0 Å². The van der Waals surface area contributed by atoms with Gasteiger partial charge in [0.05, 0.1) is 0 Å². The molecule has 2 unspecified atom stereocenters. The second-order valence-corrected chi connectivity index (χ2v) is 8.06. The SMILES string of the molecule is CSCCCCCCN1CC(C(C)(C)C)NCC1C. The predicted molar refractivity (Wildman–Crippen MR) is 89.1 cm³/mol. The minimum Gasteiger partial charge on any atom is -0.311 e. The highest BCUT2D eigenvalue weighted by Crippen LogP contribution is 2.23. The van der Waals surface area contributed by atoms with E-state index in [4.69, 9.17) is 0 Å². The Kier molecular flexibility index (Phi) is 7.78. The summed E-state index contributed by atoms with van der Waals surface area (Å²) < 4.78 is 0. The van der Waals surface area contributed by atoms with Gasteiger partial charge >= 0.3 is 0 Å². The molecule has 1 aliphatic heterocycles. The predicted octanol–water partition coefficient (Wildman–Crippen LogP) is 3.62. The van der Waals surface area contributed by atoms with Gasteiger partial charge < -0.3 is 5.32 Å². The molecule has 3 heteroatoms. The molecule has 1 saturated heterocycles. The molecule has 1 fully saturated rings. The van der Waals surface area contributed by atoms with Gasteiger partial charge in [0, 0.05) is 25.2 Å². The van der Waals surface area contributed by atoms with Crippen molar-refractivity contribution < 1.29 is 0 Å². The van der Waals surface area contributed by atoms with Gasteiger partial charge in [0.1, 0.15) is 0 Å². The minimum absolute atomic E-state index is 0.372. The largest absolute Gasteiger partial charge is 0.311 e. The zero-order chi connectivity index (χ0) is 14.3. The van der Waals surface area contributed by atoms with Crippen molar-refractivity contribution in [3.63, 3.8) is 0 Å². The van der Waals surface area contributed by atoms with E-state index in [1.54, 1.807) is 0 Å². The van der Waals surface area contributed by atoms with Crippen LogP contribution in [0.5, 0.6) is 0 Å². The average Bonchev–Trinajstić information content (AvgIpc) is 2.34. The molecule has 114 valence electrons. The molecule has 0 amide bonds. The third-order valence-electron chi connectivity index (χ3n) is 4.29. The molecule has 0 aromatic carbocycles. The molecule has 19 heavy (non-hydrogen) atoms. The Morgan fingerprint density at radius 1 is 1.16 bits per heavy atom. The van der Waals surface area contributed by atoms with Crippen molar-refractivity contribution in [3.05, 3.63) is 0 Å². The summed E-state index contributed by atoms with van der Waals surface area (Å²) in [6.45, 7) is 13.1. The van der Waals surface area contributed by atoms with Crippen molar-refractivity contribution in [3.8, 4) is 0 Å². The first-order valence-electron chi connectivity index (χ1n) is 7.91. The highest BCUT2D eigenvalue weighted by molar-refractivity contribution is 7.98. The van der Waals surface area contributed by atoms with E-state index in [1.165, 1.54) is 44.5 Å². The Labute approximate surface area is 125 Å². The van der Waals surface area contributed by atoms with Crippen molar-refractivity contribution in [2.45, 2.75) is 65.5 Å². The van der Waals surface area contributed by atoms with E-state index in [-0.39, 0.29) is 0 Å². The third-order valence-corrected chi connectivity index (χ3v) is 4.99. The van der Waals surface area contributed by atoms with Crippen molar-refractivity contribution in [2.75, 3.05) is 31.6 Å². The summed E-state index contributed by atoms with van der Waals surface area (Å²) in [4.78, 5) is 2.70. The number of hydrogen-bond acceptors (Lipinski definition) is 3. The quantitative estimate of drug-likeness (QED) is 0.720. The van der Waals surface area contributed by atoms with Crippen LogP contribution in [0.25, 0.3) is 0 Å². The molecule has 0 saturated carbocycles. The molecule has 0 aliphatic carbocycles. The molecule has 2 nitrogen and oxygen atoms in total. The zero-order valence-electron chi connectivity index (χ0n) is 13.7. The van der Waals surface area contributed by atoms with Gasteiger partial charge in [-0.15, -0.1) is 0 Å². The van der Waals surface area contributed by atoms with Crippen molar-refractivity contribution >= 4 is 11.8 Å². The molecule has 1 N–H and O–H groups in total. The van der Waals surface area contributed by atoms with Gasteiger partial charge in [-0.1, -0.05) is 33.6 Å². The van der Waals surface area contributed by atoms with E-state index < -0.39 is 0 Å². The maximum Gasteiger partial charge on any atom is 0.0244 e. The van der Waals surface area contributed by atoms with Gasteiger partial charge in [-0.05, 0) is 43.7 Å². The lowest BCUT2D eigenvalue weighted by Gasteiger charge is -2.44. The van der Waals surface area contributed by atoms with Crippen molar-refractivity contribution in [2.24, 2.45) is 5.41 Å². The Bertz CT molecular complexity index is 237. The molecule has 1 heterocycles. The maximum absolute atomic E-state index is 3.71. The number of nitrogens with zero attached hydrogens (tertiary/aromatic N) is 1. The molecule has 2 atom stereocenters. The lowest BCUT2D eigenvalue weighted by Crippen LogP contribution is -2.59. The number of hydrogen-bond donors (Lipinski definition) is 1. The average molecular weight is 287 g/mol. The maximum atomic E-state index is 3.71. The molecule has 1 rings (SSSR count). The van der Waals surface area contributed by atoms with E-state index in [1.807, 2.05) is 11.8 Å². The lowest BCUT2D eigenvalue weighted by molar-refractivity contribution is 0.0921. The standard InChI is InChI=1S/C16H34N2S/c1-14-12-17-15(16(2,3)4)13-18(14)10-8-6-7-9-11-19-5/h14-15,17H,6-13H2,1-5H3. The fourth-order valence-electron chi connectivity index (χ4n) is 2.73. The van der Waals surface area contributed by atoms with Crippen LogP contribution in [0.4, 0.5) is 0 Å². The van der Waals surface area contributed by atoms with E-state index in [0.29, 0.717) is 17.5 Å². The molecule has 0 aromatic heterocycles. The second kappa shape index (κ2) is 8.53. The summed E-state index contributed by atoms with van der Waals surface area (Å²) in [5, 5.41) is 3.71. The van der Waals surface area contributed by atoms with Gasteiger partial charge in [0.2, 0.25) is 0 Å². The number of unbranched alkanes of at least 4 members (excludes halogenated alkanes) is 3. The minimum atomic E-state index is 0.372. The number of piperazine rings is 1. The first-order chi connectivity index (χ1) is 8.95. The van der Waals surface area contributed by atoms with Crippen molar-refractivity contribution in [1.29, 1.82) is 0 Å². The molecule has 0 spiro atoms. The van der Waals surface area contributed by atoms with E-state index in [2.05, 4.69) is 44.2 Å². The molecule has 0 bridgehead atoms. The fraction of sp³-hybridized carbons (Fsp3) is 1.00. The second-order valence-electron chi connectivity index (χ2n) is 7.08. The van der Waals surface area contributed by atoms with Crippen LogP contribution in [0, 0.1) is 5.41 Å². The van der Waals surface area contributed by atoms with Gasteiger partial charge in [0.15, 0.2) is 0 Å². The molecule has 0 radical (unpaired) electrons. The van der Waals surface area contributed by atoms with E-state index in [0.717, 1.165) is 6.54 Å². The van der Waals surface area contributed by atoms with Crippen LogP contribution in [-0.4, -0.2) is 48.6 Å². The van der Waals surface area contributed by atoms with Gasteiger partial charge in [-0.3, -0.25) is 4.90 Å². The van der Waals surface area contributed by atoms with Crippen LogP contribution in [0.3, 0.4) is 0 Å². The molecule has 0 aromatic rings. The smallest absolute Gasteiger partial charge is 0.0244 e. The molecular weight excluding hydrogens is 252 g/mol. The van der Waals surface area contributed by atoms with Crippen LogP contribution < -0.4 is 5.32 Å².